The molecule has 1 atom stereocenters. The molecule has 1 fully saturated rings. The molecule has 0 unspecified atom stereocenters. The van der Waals surface area contributed by atoms with Gasteiger partial charge in [0.25, 0.3) is 0 Å². The van der Waals surface area contributed by atoms with E-state index in [1.807, 2.05) is 51.1 Å². The SMILES string of the molecule is CN1CCN(Cc2ccc(C#N)cc2Nc2nccc(-c3cc(C#N)c4c(c3)[C@@](C)(CO[Si](C)(C)C(C)(C)C)CN4C(=O)OC(C)(C)C)n2)CC1. The predicted molar refractivity (Wildman–Crippen MR) is 203 cm³/mol. The van der Waals surface area contributed by atoms with Crippen molar-refractivity contribution in [3.8, 4) is 23.4 Å². The number of nitrogens with one attached hydrogen (secondary N) is 1. The number of hydrogen-bond donors (Lipinski definition) is 1. The highest BCUT2D eigenvalue weighted by Gasteiger charge is 2.47. The standard InChI is InChI=1S/C39H52N8O3Si/c1-37(2,3)50-36(48)47-25-39(7,26-49-51(9,10)38(4,5)6)31-21-29(20-30(23-41)34(31)47)32-13-14-42-35(43-32)44-33-19-27(22-40)11-12-28(33)24-46-17-15-45(8)16-18-46/h11-14,19-21H,15-18,24-26H2,1-10H3,(H,42,43,44)/t39-/m1/s1. The third-order valence-electron chi connectivity index (χ3n) is 10.3. The van der Waals surface area contributed by atoms with E-state index in [2.05, 4.69) is 80.1 Å². The molecule has 1 amide bonds. The summed E-state index contributed by atoms with van der Waals surface area (Å²) in [4.78, 5) is 29.4. The molecule has 2 aromatic carbocycles. The molecule has 0 aliphatic carbocycles. The molecule has 0 saturated carbocycles. The molecule has 12 heteroatoms. The Hall–Kier alpha value is -4.33. The van der Waals surface area contributed by atoms with Crippen LogP contribution in [0.25, 0.3) is 11.3 Å². The van der Waals surface area contributed by atoms with Crippen molar-refractivity contribution < 1.29 is 14.0 Å². The summed E-state index contributed by atoms with van der Waals surface area (Å²) < 4.78 is 12.6. The van der Waals surface area contributed by atoms with Crippen LogP contribution in [0.15, 0.2) is 42.6 Å². The zero-order valence-corrected chi connectivity index (χ0v) is 32.8. The minimum Gasteiger partial charge on any atom is -0.443 e. The number of hydrogen-bond acceptors (Lipinski definition) is 10. The second-order valence-corrected chi connectivity index (χ2v) is 21.5. The quantitative estimate of drug-likeness (QED) is 0.236. The number of likely N-dealkylation sites (N-methyl/N-ethyl adjacent to an activating group) is 1. The number of nitrogens with zero attached hydrogens (tertiary/aromatic N) is 7. The highest BCUT2D eigenvalue weighted by molar-refractivity contribution is 6.74. The van der Waals surface area contributed by atoms with Crippen molar-refractivity contribution in [1.82, 2.24) is 19.8 Å². The fraction of sp³-hybridized carbons (Fsp3) is 0.513. The van der Waals surface area contributed by atoms with Crippen LogP contribution in [0, 0.1) is 22.7 Å². The smallest absolute Gasteiger partial charge is 0.414 e. The van der Waals surface area contributed by atoms with Crippen LogP contribution < -0.4 is 10.2 Å². The number of fused-ring (bicyclic) bond motifs is 1. The molecular formula is C39H52N8O3Si. The van der Waals surface area contributed by atoms with Crippen LogP contribution in [0.1, 0.15) is 70.7 Å². The van der Waals surface area contributed by atoms with Gasteiger partial charge < -0.3 is 19.4 Å². The van der Waals surface area contributed by atoms with Crippen LogP contribution in [0.3, 0.4) is 0 Å². The third kappa shape index (κ3) is 8.59. The first-order valence-corrected chi connectivity index (χ1v) is 20.5. The predicted octanol–water partition coefficient (Wildman–Crippen LogP) is 7.41. The molecule has 2 aliphatic heterocycles. The van der Waals surface area contributed by atoms with Gasteiger partial charge in [-0.2, -0.15) is 10.5 Å². The normalized spacial score (nSPS) is 18.5. The Labute approximate surface area is 304 Å². The molecule has 0 bridgehead atoms. The molecule has 1 aromatic heterocycles. The average molecular weight is 709 g/mol. The number of amides is 1. The van der Waals surface area contributed by atoms with Crippen molar-refractivity contribution in [2.45, 2.75) is 84.2 Å². The number of carbonyl (C=O) groups excluding carboxylic acids is 1. The van der Waals surface area contributed by atoms with Gasteiger partial charge in [-0.3, -0.25) is 9.80 Å². The molecule has 0 spiro atoms. The summed E-state index contributed by atoms with van der Waals surface area (Å²) >= 11 is 0. The molecule has 1 N–H and O–H groups in total. The summed E-state index contributed by atoms with van der Waals surface area (Å²) in [6, 6.07) is 15.9. The summed E-state index contributed by atoms with van der Waals surface area (Å²) in [7, 11) is -0.0188. The molecule has 2 aliphatic rings. The van der Waals surface area contributed by atoms with Gasteiger partial charge in [0.2, 0.25) is 5.95 Å². The maximum atomic E-state index is 13.6. The number of nitriles is 2. The molecule has 11 nitrogen and oxygen atoms in total. The van der Waals surface area contributed by atoms with E-state index < -0.39 is 25.4 Å². The number of benzene rings is 2. The Kier molecular flexibility index (Phi) is 10.7. The van der Waals surface area contributed by atoms with Crippen LogP contribution in [0.5, 0.6) is 0 Å². The molecule has 270 valence electrons. The van der Waals surface area contributed by atoms with E-state index >= 15 is 0 Å². The maximum absolute atomic E-state index is 13.6. The third-order valence-corrected chi connectivity index (χ3v) is 14.7. The first-order valence-electron chi connectivity index (χ1n) is 17.6. The lowest BCUT2D eigenvalue weighted by atomic mass is 9.83. The highest BCUT2D eigenvalue weighted by atomic mass is 28.4. The van der Waals surface area contributed by atoms with Crippen LogP contribution in [0.4, 0.5) is 22.1 Å². The van der Waals surface area contributed by atoms with Gasteiger partial charge in [-0.15, -0.1) is 0 Å². The van der Waals surface area contributed by atoms with E-state index in [1.54, 1.807) is 17.2 Å². The van der Waals surface area contributed by atoms with E-state index in [-0.39, 0.29) is 5.04 Å². The van der Waals surface area contributed by atoms with Crippen molar-refractivity contribution in [3.05, 3.63) is 64.8 Å². The summed E-state index contributed by atoms with van der Waals surface area (Å²) in [6.07, 6.45) is 1.19. The topological polar surface area (TPSA) is 131 Å². The number of carbonyl (C=O) groups is 1. The van der Waals surface area contributed by atoms with Crippen molar-refractivity contribution in [2.24, 2.45) is 0 Å². The van der Waals surface area contributed by atoms with E-state index in [9.17, 15) is 15.3 Å². The second-order valence-electron chi connectivity index (χ2n) is 16.7. The summed E-state index contributed by atoms with van der Waals surface area (Å²) in [5.41, 5.74) is 4.13. The van der Waals surface area contributed by atoms with Gasteiger partial charge in [-0.25, -0.2) is 14.8 Å². The molecular weight excluding hydrogens is 657 g/mol. The number of anilines is 3. The van der Waals surface area contributed by atoms with Crippen molar-refractivity contribution in [3.63, 3.8) is 0 Å². The molecule has 51 heavy (non-hydrogen) atoms. The zero-order valence-electron chi connectivity index (χ0n) is 31.8. The van der Waals surface area contributed by atoms with Gasteiger partial charge in [0.1, 0.15) is 11.7 Å². The van der Waals surface area contributed by atoms with Gasteiger partial charge in [0, 0.05) is 68.7 Å². The fourth-order valence-electron chi connectivity index (χ4n) is 6.13. The highest BCUT2D eigenvalue weighted by Crippen LogP contribution is 2.47. The lowest BCUT2D eigenvalue weighted by Crippen LogP contribution is -2.46. The van der Waals surface area contributed by atoms with Crippen LogP contribution in [-0.4, -0.2) is 86.2 Å². The Morgan fingerprint density at radius 1 is 1.02 bits per heavy atom. The van der Waals surface area contributed by atoms with Gasteiger partial charge in [0.05, 0.1) is 28.6 Å². The number of rotatable bonds is 8. The monoisotopic (exact) mass is 708 g/mol. The van der Waals surface area contributed by atoms with Gasteiger partial charge in [0.15, 0.2) is 8.32 Å². The van der Waals surface area contributed by atoms with Gasteiger partial charge in [-0.05, 0) is 87.4 Å². The first-order chi connectivity index (χ1) is 23.8. The Balaban J connectivity index is 1.52. The van der Waals surface area contributed by atoms with Crippen molar-refractivity contribution in [2.75, 3.05) is 56.6 Å². The number of aromatic nitrogens is 2. The van der Waals surface area contributed by atoms with E-state index in [0.29, 0.717) is 41.6 Å². The molecule has 1 saturated heterocycles. The van der Waals surface area contributed by atoms with Crippen molar-refractivity contribution in [1.29, 1.82) is 10.5 Å². The number of ether oxygens (including phenoxy) is 1. The summed E-state index contributed by atoms with van der Waals surface area (Å²) in [5.74, 6) is 0.376. The first kappa shape index (κ1) is 37.9. The van der Waals surface area contributed by atoms with Crippen LogP contribution in [-0.2, 0) is 21.1 Å². The minimum atomic E-state index is -2.16. The maximum Gasteiger partial charge on any atom is 0.414 e. The van der Waals surface area contributed by atoms with Gasteiger partial charge in [-0.1, -0.05) is 33.8 Å². The molecule has 3 heterocycles. The van der Waals surface area contributed by atoms with Crippen LogP contribution >= 0.6 is 0 Å². The zero-order chi connectivity index (χ0) is 37.4. The van der Waals surface area contributed by atoms with E-state index in [4.69, 9.17) is 14.1 Å². The Morgan fingerprint density at radius 3 is 2.35 bits per heavy atom. The lowest BCUT2D eigenvalue weighted by Gasteiger charge is -2.39. The van der Waals surface area contributed by atoms with Crippen LogP contribution in [0.2, 0.25) is 18.1 Å². The largest absolute Gasteiger partial charge is 0.443 e. The van der Waals surface area contributed by atoms with E-state index in [0.717, 1.165) is 55.1 Å². The van der Waals surface area contributed by atoms with Crippen molar-refractivity contribution >= 4 is 31.7 Å². The van der Waals surface area contributed by atoms with Gasteiger partial charge >= 0.3 is 6.09 Å². The average Bonchev–Trinajstić information content (AvgIpc) is 3.37. The van der Waals surface area contributed by atoms with E-state index in [1.165, 1.54) is 0 Å². The number of piperazine rings is 1. The second kappa shape index (κ2) is 14.4. The Bertz CT molecular complexity index is 1860. The summed E-state index contributed by atoms with van der Waals surface area (Å²) in [6.45, 7) is 24.0. The lowest BCUT2D eigenvalue weighted by molar-refractivity contribution is 0.0575. The molecule has 5 rings (SSSR count). The Morgan fingerprint density at radius 2 is 1.73 bits per heavy atom. The summed E-state index contributed by atoms with van der Waals surface area (Å²) in [5, 5.41) is 23.5. The minimum absolute atomic E-state index is 0.00319. The molecule has 0 radical (unpaired) electrons. The fourth-order valence-corrected chi connectivity index (χ4v) is 7.24. The molecule has 3 aromatic rings.